The van der Waals surface area contributed by atoms with Crippen molar-refractivity contribution in [3.05, 3.63) is 71.8 Å². The summed E-state index contributed by atoms with van der Waals surface area (Å²) in [4.78, 5) is 0. The van der Waals surface area contributed by atoms with E-state index >= 15 is 0 Å². The lowest BCUT2D eigenvalue weighted by atomic mass is 9.60. The molecule has 3 heteroatoms. The van der Waals surface area contributed by atoms with Gasteiger partial charge in [0.2, 0.25) is 0 Å². The summed E-state index contributed by atoms with van der Waals surface area (Å²) in [6.45, 7) is 3.69. The molecule has 0 spiro atoms. The summed E-state index contributed by atoms with van der Waals surface area (Å²) in [6, 6.07) is 24.9. The average molecular weight is 555 g/mol. The summed E-state index contributed by atoms with van der Waals surface area (Å²) >= 11 is 0. The molecule has 1 saturated heterocycles. The smallest absolute Gasteiger partial charge is 0.104 e. The third-order valence-corrected chi connectivity index (χ3v) is 9.23. The highest BCUT2D eigenvalue weighted by molar-refractivity contribution is 5.34. The topological polar surface area (TPSA) is 23.8 Å². The highest BCUT2D eigenvalue weighted by atomic mass is 127. The molecule has 3 atom stereocenters. The van der Waals surface area contributed by atoms with E-state index in [-0.39, 0.29) is 29.4 Å². The normalized spacial score (nSPS) is 31.2. The molecule has 2 aromatic carbocycles. The first kappa shape index (κ1) is 24.7. The Morgan fingerprint density at radius 3 is 2.00 bits per heavy atom. The zero-order valence-electron chi connectivity index (χ0n) is 20.1. The van der Waals surface area contributed by atoms with E-state index in [0.717, 1.165) is 24.8 Å². The fraction of sp³-hybridized carbons (Fsp3) is 0.567. The van der Waals surface area contributed by atoms with Gasteiger partial charge in [-0.15, -0.1) is 0 Å². The minimum Gasteiger partial charge on any atom is -1.00 e. The minimum absolute atomic E-state index is 0. The Bertz CT molecular complexity index is 917. The molecule has 2 aromatic rings. The van der Waals surface area contributed by atoms with Crippen LogP contribution in [0.2, 0.25) is 0 Å². The SMILES string of the molecule is C[N+]1(Cc2ccccc2)CC2CCC(C1)C2CC(C#N)(c1ccccc1)C1CCCCC1.[I-]. The number of halogens is 1. The van der Waals surface area contributed by atoms with Gasteiger partial charge in [-0.05, 0) is 49.5 Å². The Balaban J connectivity index is 0.00000259. The molecule has 0 amide bonds. The number of hydrogen-bond acceptors (Lipinski definition) is 1. The van der Waals surface area contributed by atoms with Crippen molar-refractivity contribution >= 4 is 0 Å². The van der Waals surface area contributed by atoms with Crippen molar-refractivity contribution in [1.29, 1.82) is 5.26 Å². The van der Waals surface area contributed by atoms with Crippen molar-refractivity contribution in [2.75, 3.05) is 20.1 Å². The number of benzene rings is 2. The second-order valence-corrected chi connectivity index (χ2v) is 11.4. The van der Waals surface area contributed by atoms with Crippen molar-refractivity contribution in [3.63, 3.8) is 0 Å². The zero-order chi connectivity index (χ0) is 22.0. The van der Waals surface area contributed by atoms with Gasteiger partial charge in [0, 0.05) is 17.4 Å². The van der Waals surface area contributed by atoms with E-state index in [2.05, 4.69) is 73.8 Å². The van der Waals surface area contributed by atoms with Gasteiger partial charge in [-0.1, -0.05) is 79.9 Å². The number of nitrogens with zero attached hydrogens (tertiary/aromatic N) is 2. The maximum Gasteiger partial charge on any atom is 0.104 e. The summed E-state index contributed by atoms with van der Waals surface area (Å²) < 4.78 is 1.17. The van der Waals surface area contributed by atoms with Crippen LogP contribution in [-0.4, -0.2) is 24.6 Å². The predicted octanol–water partition coefficient (Wildman–Crippen LogP) is 3.73. The minimum atomic E-state index is -0.298. The first-order valence-corrected chi connectivity index (χ1v) is 13.0. The Morgan fingerprint density at radius 1 is 0.848 bits per heavy atom. The first-order chi connectivity index (χ1) is 15.6. The van der Waals surface area contributed by atoms with Crippen LogP contribution >= 0.6 is 0 Å². The van der Waals surface area contributed by atoms with Gasteiger partial charge < -0.3 is 28.5 Å². The van der Waals surface area contributed by atoms with Gasteiger partial charge in [-0.2, -0.15) is 5.26 Å². The van der Waals surface area contributed by atoms with E-state index in [0.29, 0.717) is 11.8 Å². The highest BCUT2D eigenvalue weighted by Crippen LogP contribution is 2.53. The maximum atomic E-state index is 10.7. The van der Waals surface area contributed by atoms with E-state index in [9.17, 15) is 5.26 Å². The Labute approximate surface area is 218 Å². The molecular weight excluding hydrogens is 515 g/mol. The predicted molar refractivity (Wildman–Crippen MR) is 131 cm³/mol. The number of rotatable bonds is 6. The molecule has 2 nitrogen and oxygen atoms in total. The van der Waals surface area contributed by atoms with E-state index in [4.69, 9.17) is 0 Å². The lowest BCUT2D eigenvalue weighted by Crippen LogP contribution is -3.00. The molecule has 3 fully saturated rings. The average Bonchev–Trinajstić information content (AvgIpc) is 3.08. The molecule has 3 unspecified atom stereocenters. The van der Waals surface area contributed by atoms with Crippen molar-refractivity contribution in [1.82, 2.24) is 0 Å². The summed E-state index contributed by atoms with van der Waals surface area (Å²) in [7, 11) is 2.48. The summed E-state index contributed by atoms with van der Waals surface area (Å²) in [5.74, 6) is 2.76. The van der Waals surface area contributed by atoms with Gasteiger partial charge in [0.05, 0.1) is 31.6 Å². The number of hydrogen-bond donors (Lipinski definition) is 0. The number of quaternary nitrogens is 1. The number of likely N-dealkylation sites (tertiary alicyclic amines) is 1. The largest absolute Gasteiger partial charge is 1.00 e. The number of piperidine rings is 1. The van der Waals surface area contributed by atoms with Crippen LogP contribution < -0.4 is 24.0 Å². The summed E-state index contributed by atoms with van der Waals surface area (Å²) in [5.41, 5.74) is 2.46. The van der Waals surface area contributed by atoms with Crippen LogP contribution in [0.15, 0.2) is 60.7 Å². The molecular formula is C30H39IN2. The van der Waals surface area contributed by atoms with Gasteiger partial charge in [-0.3, -0.25) is 0 Å². The monoisotopic (exact) mass is 554 g/mol. The molecule has 0 N–H and O–H groups in total. The van der Waals surface area contributed by atoms with Crippen molar-refractivity contribution in [2.24, 2.45) is 23.7 Å². The summed E-state index contributed by atoms with van der Waals surface area (Å²) in [6.07, 6.45) is 10.2. The lowest BCUT2D eigenvalue weighted by molar-refractivity contribution is -0.933. The van der Waals surface area contributed by atoms with E-state index in [1.165, 1.54) is 73.6 Å². The zero-order valence-corrected chi connectivity index (χ0v) is 22.3. The molecule has 3 aliphatic rings. The molecule has 0 aromatic heterocycles. The second-order valence-electron chi connectivity index (χ2n) is 11.4. The molecule has 2 saturated carbocycles. The van der Waals surface area contributed by atoms with E-state index in [1.54, 1.807) is 0 Å². The van der Waals surface area contributed by atoms with Gasteiger partial charge >= 0.3 is 0 Å². The fourth-order valence-electron chi connectivity index (χ4n) is 7.81. The number of nitriles is 1. The van der Waals surface area contributed by atoms with E-state index < -0.39 is 0 Å². The Hall–Kier alpha value is -1.38. The van der Waals surface area contributed by atoms with Gasteiger partial charge in [-0.25, -0.2) is 0 Å². The van der Waals surface area contributed by atoms with Crippen LogP contribution in [0.4, 0.5) is 0 Å². The van der Waals surface area contributed by atoms with E-state index in [1.807, 2.05) is 0 Å². The van der Waals surface area contributed by atoms with Crippen molar-refractivity contribution in [3.8, 4) is 6.07 Å². The van der Waals surface area contributed by atoms with Crippen molar-refractivity contribution in [2.45, 2.75) is 63.3 Å². The molecule has 5 rings (SSSR count). The van der Waals surface area contributed by atoms with Gasteiger partial charge in [0.1, 0.15) is 6.54 Å². The Kier molecular flexibility index (Phi) is 7.86. The third-order valence-electron chi connectivity index (χ3n) is 9.23. The second kappa shape index (κ2) is 10.5. The van der Waals surface area contributed by atoms with Crippen LogP contribution in [0.25, 0.3) is 0 Å². The lowest BCUT2D eigenvalue weighted by Gasteiger charge is -2.48. The van der Waals surface area contributed by atoms with Crippen LogP contribution in [0, 0.1) is 35.0 Å². The fourth-order valence-corrected chi connectivity index (χ4v) is 7.81. The molecule has 33 heavy (non-hydrogen) atoms. The summed E-state index contributed by atoms with van der Waals surface area (Å²) in [5, 5.41) is 10.7. The molecule has 2 bridgehead atoms. The van der Waals surface area contributed by atoms with Crippen LogP contribution in [0.3, 0.4) is 0 Å². The molecule has 1 aliphatic heterocycles. The van der Waals surface area contributed by atoms with Crippen LogP contribution in [0.1, 0.15) is 62.5 Å². The third kappa shape index (κ3) is 5.03. The van der Waals surface area contributed by atoms with Gasteiger partial charge in [0.15, 0.2) is 0 Å². The first-order valence-electron chi connectivity index (χ1n) is 13.0. The quantitative estimate of drug-likeness (QED) is 0.395. The molecule has 0 radical (unpaired) electrons. The van der Waals surface area contributed by atoms with Crippen LogP contribution in [0.5, 0.6) is 0 Å². The highest BCUT2D eigenvalue weighted by Gasteiger charge is 2.53. The number of fused-ring (bicyclic) bond motifs is 2. The van der Waals surface area contributed by atoms with Crippen LogP contribution in [-0.2, 0) is 12.0 Å². The molecule has 1 heterocycles. The van der Waals surface area contributed by atoms with Gasteiger partial charge in [0.25, 0.3) is 0 Å². The molecule has 176 valence electrons. The Morgan fingerprint density at radius 2 is 1.42 bits per heavy atom. The maximum absolute atomic E-state index is 10.7. The molecule has 2 aliphatic carbocycles. The van der Waals surface area contributed by atoms with Crippen molar-refractivity contribution < 1.29 is 28.5 Å². The standard InChI is InChI=1S/C30H39N2.HI/c1-32(20-24-11-5-2-6-12-24)21-25-17-18-26(22-32)29(25)19-30(23-31,27-13-7-3-8-14-27)28-15-9-4-10-16-28;/h2-3,5-8,11-14,25-26,28-29H,4,9-10,15-22H2,1H3;1H/q+1;/p-1.